The van der Waals surface area contributed by atoms with E-state index in [9.17, 15) is 4.79 Å². The van der Waals surface area contributed by atoms with Crippen molar-refractivity contribution in [1.82, 2.24) is 9.97 Å². The van der Waals surface area contributed by atoms with Crippen molar-refractivity contribution in [2.45, 2.75) is 6.92 Å². The molecular weight excluding hydrogens is 316 g/mol. The molecule has 0 aliphatic heterocycles. The minimum atomic E-state index is -0.305. The lowest BCUT2D eigenvalue weighted by atomic mass is 10.2. The Morgan fingerprint density at radius 2 is 2.00 bits per heavy atom. The third kappa shape index (κ3) is 4.18. The fraction of sp³-hybridized carbons (Fsp3) is 0.0526. The Hall–Kier alpha value is -3.72. The van der Waals surface area contributed by atoms with Crippen molar-refractivity contribution in [3.8, 4) is 17.7 Å². The van der Waals surface area contributed by atoms with Gasteiger partial charge in [-0.1, -0.05) is 12.1 Å². The van der Waals surface area contributed by atoms with Crippen LogP contribution in [0.2, 0.25) is 0 Å². The van der Waals surface area contributed by atoms with Gasteiger partial charge >= 0.3 is 0 Å². The summed E-state index contributed by atoms with van der Waals surface area (Å²) in [6.07, 6.45) is 1.50. The maximum absolute atomic E-state index is 12.1. The molecule has 2 heterocycles. The van der Waals surface area contributed by atoms with Gasteiger partial charge in [-0.15, -0.1) is 0 Å². The predicted octanol–water partition coefficient (Wildman–Crippen LogP) is 3.70. The molecule has 0 saturated carbocycles. The van der Waals surface area contributed by atoms with Gasteiger partial charge in [0.1, 0.15) is 11.4 Å². The molecule has 0 unspecified atom stereocenters. The second-order valence-corrected chi connectivity index (χ2v) is 5.25. The first kappa shape index (κ1) is 16.1. The predicted molar refractivity (Wildman–Crippen MR) is 92.4 cm³/mol. The number of nitrogens with one attached hydrogen (secondary N) is 1. The molecule has 1 N–H and O–H groups in total. The fourth-order valence-corrected chi connectivity index (χ4v) is 2.13. The fourth-order valence-electron chi connectivity index (χ4n) is 2.13. The lowest BCUT2D eigenvalue weighted by molar-refractivity contribution is 0.102. The van der Waals surface area contributed by atoms with Gasteiger partial charge < -0.3 is 10.1 Å². The molecule has 0 saturated heterocycles. The lowest BCUT2D eigenvalue weighted by Crippen LogP contribution is -2.14. The van der Waals surface area contributed by atoms with Gasteiger partial charge in [0.15, 0.2) is 0 Å². The molecule has 6 heteroatoms. The largest absolute Gasteiger partial charge is 0.439 e. The average molecular weight is 330 g/mol. The van der Waals surface area contributed by atoms with Gasteiger partial charge in [-0.05, 0) is 43.3 Å². The van der Waals surface area contributed by atoms with E-state index in [-0.39, 0.29) is 5.91 Å². The molecule has 0 spiro atoms. The van der Waals surface area contributed by atoms with E-state index in [2.05, 4.69) is 15.3 Å². The highest BCUT2D eigenvalue weighted by Gasteiger charge is 2.08. The van der Waals surface area contributed by atoms with Crippen LogP contribution < -0.4 is 10.1 Å². The minimum absolute atomic E-state index is 0.305. The van der Waals surface area contributed by atoms with Crippen LogP contribution in [-0.2, 0) is 0 Å². The van der Waals surface area contributed by atoms with Crippen LogP contribution >= 0.6 is 0 Å². The van der Waals surface area contributed by atoms with Crippen molar-refractivity contribution in [2.75, 3.05) is 5.32 Å². The molecule has 122 valence electrons. The molecule has 0 bridgehead atoms. The van der Waals surface area contributed by atoms with E-state index in [1.165, 1.54) is 6.20 Å². The molecule has 0 aliphatic carbocycles. The van der Waals surface area contributed by atoms with E-state index in [1.54, 1.807) is 48.5 Å². The number of amides is 1. The number of nitriles is 1. The number of aromatic nitrogens is 2. The Kier molecular flexibility index (Phi) is 4.67. The lowest BCUT2D eigenvalue weighted by Gasteiger charge is -2.07. The summed E-state index contributed by atoms with van der Waals surface area (Å²) in [7, 11) is 0. The first-order valence-corrected chi connectivity index (χ1v) is 7.53. The second-order valence-electron chi connectivity index (χ2n) is 5.25. The third-order valence-corrected chi connectivity index (χ3v) is 3.30. The molecule has 0 aliphatic rings. The zero-order chi connectivity index (χ0) is 17.6. The average Bonchev–Trinajstić information content (AvgIpc) is 2.63. The maximum atomic E-state index is 12.1. The summed E-state index contributed by atoms with van der Waals surface area (Å²) < 4.78 is 5.59. The van der Waals surface area contributed by atoms with Crippen molar-refractivity contribution in [3.63, 3.8) is 0 Å². The Morgan fingerprint density at radius 3 is 2.72 bits per heavy atom. The summed E-state index contributed by atoms with van der Waals surface area (Å²) in [5.74, 6) is 0.579. The number of aryl methyl sites for hydroxylation is 1. The number of hydrogen-bond donors (Lipinski definition) is 1. The van der Waals surface area contributed by atoms with E-state index in [0.717, 1.165) is 5.69 Å². The molecule has 1 amide bonds. The molecule has 0 atom stereocenters. The molecule has 25 heavy (non-hydrogen) atoms. The summed E-state index contributed by atoms with van der Waals surface area (Å²) in [6.45, 7) is 1.83. The molecule has 3 rings (SSSR count). The standard InChI is InChI=1S/C19H14N4O2/c1-13-4-2-7-17(22-13)19(24)23-15-8-9-18(21-12-15)25-16-6-3-5-14(10-16)11-20/h2-10,12H,1H3,(H,23,24). The highest BCUT2D eigenvalue weighted by molar-refractivity contribution is 6.02. The molecule has 6 nitrogen and oxygen atoms in total. The van der Waals surface area contributed by atoms with Gasteiger partial charge in [-0.25, -0.2) is 9.97 Å². The summed E-state index contributed by atoms with van der Waals surface area (Å²) in [5.41, 5.74) is 2.15. The van der Waals surface area contributed by atoms with Crippen molar-refractivity contribution in [2.24, 2.45) is 0 Å². The smallest absolute Gasteiger partial charge is 0.274 e. The van der Waals surface area contributed by atoms with E-state index < -0.39 is 0 Å². The number of nitrogens with zero attached hydrogens (tertiary/aromatic N) is 3. The summed E-state index contributed by atoms with van der Waals surface area (Å²) in [4.78, 5) is 20.5. The van der Waals surface area contributed by atoms with Crippen molar-refractivity contribution < 1.29 is 9.53 Å². The Bertz CT molecular complexity index is 946. The zero-order valence-corrected chi connectivity index (χ0v) is 13.4. The first-order valence-electron chi connectivity index (χ1n) is 7.53. The van der Waals surface area contributed by atoms with Crippen LogP contribution in [0, 0.1) is 18.3 Å². The molecular formula is C19H14N4O2. The normalized spacial score (nSPS) is 9.92. The van der Waals surface area contributed by atoms with Gasteiger partial charge in [0.2, 0.25) is 5.88 Å². The van der Waals surface area contributed by atoms with Gasteiger partial charge in [-0.2, -0.15) is 5.26 Å². The SMILES string of the molecule is Cc1cccc(C(=O)Nc2ccc(Oc3cccc(C#N)c3)nc2)n1. The van der Waals surface area contributed by atoms with Crippen molar-refractivity contribution >= 4 is 11.6 Å². The number of pyridine rings is 2. The second kappa shape index (κ2) is 7.23. The maximum Gasteiger partial charge on any atom is 0.274 e. The van der Waals surface area contributed by atoms with Crippen molar-refractivity contribution in [3.05, 3.63) is 77.7 Å². The summed E-state index contributed by atoms with van der Waals surface area (Å²) in [5, 5.41) is 11.6. The van der Waals surface area contributed by atoms with Gasteiger partial charge in [-0.3, -0.25) is 4.79 Å². The molecule has 2 aromatic heterocycles. The molecule has 3 aromatic rings. The quantitative estimate of drug-likeness (QED) is 0.788. The third-order valence-electron chi connectivity index (χ3n) is 3.30. The Labute approximate surface area is 144 Å². The van der Waals surface area contributed by atoms with Crippen molar-refractivity contribution in [1.29, 1.82) is 5.26 Å². The van der Waals surface area contributed by atoms with E-state index >= 15 is 0 Å². The number of anilines is 1. The van der Waals surface area contributed by atoms with Crippen LogP contribution in [0.5, 0.6) is 11.6 Å². The van der Waals surface area contributed by atoms with Crippen LogP contribution in [0.25, 0.3) is 0 Å². The van der Waals surface area contributed by atoms with E-state index in [0.29, 0.717) is 28.6 Å². The number of carbonyl (C=O) groups excluding carboxylic acids is 1. The van der Waals surface area contributed by atoms with Crippen LogP contribution in [-0.4, -0.2) is 15.9 Å². The molecule has 0 fully saturated rings. The number of rotatable bonds is 4. The highest BCUT2D eigenvalue weighted by Crippen LogP contribution is 2.21. The van der Waals surface area contributed by atoms with Gasteiger partial charge in [0.25, 0.3) is 5.91 Å². The number of ether oxygens (including phenoxy) is 1. The first-order chi connectivity index (χ1) is 12.1. The number of carbonyl (C=O) groups is 1. The summed E-state index contributed by atoms with van der Waals surface area (Å²) >= 11 is 0. The highest BCUT2D eigenvalue weighted by atomic mass is 16.5. The minimum Gasteiger partial charge on any atom is -0.439 e. The van der Waals surface area contributed by atoms with Gasteiger partial charge in [0, 0.05) is 11.8 Å². The Morgan fingerprint density at radius 1 is 1.16 bits per heavy atom. The van der Waals surface area contributed by atoms with E-state index in [1.807, 2.05) is 19.1 Å². The Balaban J connectivity index is 1.68. The monoisotopic (exact) mass is 330 g/mol. The number of hydrogen-bond acceptors (Lipinski definition) is 5. The molecule has 0 radical (unpaired) electrons. The molecule has 1 aromatic carbocycles. The van der Waals surface area contributed by atoms with E-state index in [4.69, 9.17) is 10.00 Å². The van der Waals surface area contributed by atoms with Gasteiger partial charge in [0.05, 0.1) is 23.5 Å². The van der Waals surface area contributed by atoms with Crippen LogP contribution in [0.1, 0.15) is 21.7 Å². The number of benzene rings is 1. The zero-order valence-electron chi connectivity index (χ0n) is 13.4. The van der Waals surface area contributed by atoms with Crippen LogP contribution in [0.15, 0.2) is 60.8 Å². The van der Waals surface area contributed by atoms with Crippen LogP contribution in [0.3, 0.4) is 0 Å². The topological polar surface area (TPSA) is 87.9 Å². The van der Waals surface area contributed by atoms with Crippen LogP contribution in [0.4, 0.5) is 5.69 Å². The summed E-state index contributed by atoms with van der Waals surface area (Å²) in [6, 6.07) is 17.4.